The van der Waals surface area contributed by atoms with Crippen molar-refractivity contribution >= 4 is 11.0 Å². The van der Waals surface area contributed by atoms with Crippen LogP contribution in [0.4, 0.5) is 0 Å². The number of unbranched alkanes of at least 4 members (excludes halogenated alkanes) is 1. The van der Waals surface area contributed by atoms with Crippen LogP contribution in [-0.4, -0.2) is 26.7 Å². The van der Waals surface area contributed by atoms with Gasteiger partial charge in [0, 0.05) is 6.07 Å². The molecule has 0 amide bonds. The normalized spacial score (nSPS) is 11.1. The number of aromatic hydroxyl groups is 1. The summed E-state index contributed by atoms with van der Waals surface area (Å²) in [6.45, 7) is 4.91. The summed E-state index contributed by atoms with van der Waals surface area (Å²) in [5, 5.41) is 19.2. The molecular weight excluding hydrogens is 302 g/mol. The third kappa shape index (κ3) is 3.50. The number of ether oxygens (including phenoxy) is 1. The zero-order valence-corrected chi connectivity index (χ0v) is 14.2. The predicted octanol–water partition coefficient (Wildman–Crippen LogP) is 4.26. The molecule has 0 radical (unpaired) electrons. The third-order valence-electron chi connectivity index (χ3n) is 3.90. The minimum Gasteiger partial charge on any atom is -0.506 e. The molecule has 0 aliphatic carbocycles. The summed E-state index contributed by atoms with van der Waals surface area (Å²) in [6, 6.07) is 11.3. The monoisotopic (exact) mass is 325 g/mol. The Kier molecular flexibility index (Phi) is 4.99. The standard InChI is InChI=1S/C19H23N3O2/c1-3-5-6-14-7-10-18(19(23)12-14)22-20-16-9-8-15(24-11-4-2)13-17(16)21-22/h7-10,12-13,23H,3-6,11H2,1-2H3. The Morgan fingerprint density at radius 3 is 2.58 bits per heavy atom. The first-order chi connectivity index (χ1) is 11.7. The van der Waals surface area contributed by atoms with Crippen molar-refractivity contribution in [3.05, 3.63) is 42.0 Å². The average Bonchev–Trinajstić information content (AvgIpc) is 3.01. The number of phenols is 1. The van der Waals surface area contributed by atoms with Crippen molar-refractivity contribution in [1.29, 1.82) is 0 Å². The van der Waals surface area contributed by atoms with Gasteiger partial charge < -0.3 is 9.84 Å². The van der Waals surface area contributed by atoms with Gasteiger partial charge in [0.15, 0.2) is 0 Å². The third-order valence-corrected chi connectivity index (χ3v) is 3.90. The number of aryl methyl sites for hydroxylation is 1. The molecule has 0 aliphatic heterocycles. The predicted molar refractivity (Wildman–Crippen MR) is 94.9 cm³/mol. The number of nitrogens with zero attached hydrogens (tertiary/aromatic N) is 3. The highest BCUT2D eigenvalue weighted by Gasteiger charge is 2.10. The Balaban J connectivity index is 1.88. The molecule has 126 valence electrons. The van der Waals surface area contributed by atoms with Crippen molar-refractivity contribution in [2.75, 3.05) is 6.61 Å². The van der Waals surface area contributed by atoms with Crippen LogP contribution >= 0.6 is 0 Å². The molecule has 5 nitrogen and oxygen atoms in total. The first kappa shape index (κ1) is 16.3. The maximum atomic E-state index is 10.3. The van der Waals surface area contributed by atoms with E-state index in [1.807, 2.05) is 30.3 Å². The molecule has 0 saturated heterocycles. The minimum absolute atomic E-state index is 0.200. The van der Waals surface area contributed by atoms with Crippen LogP contribution in [0.5, 0.6) is 11.5 Å². The maximum Gasteiger partial charge on any atom is 0.143 e. The van der Waals surface area contributed by atoms with Crippen molar-refractivity contribution in [2.45, 2.75) is 39.5 Å². The SMILES string of the molecule is CCCCc1ccc(-n2nc3ccc(OCCC)cc3n2)c(O)c1. The molecule has 3 rings (SSSR count). The summed E-state index contributed by atoms with van der Waals surface area (Å²) >= 11 is 0. The summed E-state index contributed by atoms with van der Waals surface area (Å²) in [7, 11) is 0. The molecule has 3 aromatic rings. The Morgan fingerprint density at radius 1 is 1.00 bits per heavy atom. The topological polar surface area (TPSA) is 60.2 Å². The van der Waals surface area contributed by atoms with Crippen LogP contribution in [-0.2, 0) is 6.42 Å². The van der Waals surface area contributed by atoms with E-state index in [0.717, 1.165) is 48.0 Å². The quantitative estimate of drug-likeness (QED) is 0.705. The maximum absolute atomic E-state index is 10.3. The van der Waals surface area contributed by atoms with E-state index in [1.165, 1.54) is 4.80 Å². The largest absolute Gasteiger partial charge is 0.506 e. The van der Waals surface area contributed by atoms with Gasteiger partial charge in [-0.05, 0) is 49.1 Å². The first-order valence-corrected chi connectivity index (χ1v) is 8.53. The number of benzene rings is 2. The van der Waals surface area contributed by atoms with Gasteiger partial charge in [-0.15, -0.1) is 15.0 Å². The number of phenolic OH excluding ortho intramolecular Hbond substituents is 1. The highest BCUT2D eigenvalue weighted by molar-refractivity contribution is 5.75. The van der Waals surface area contributed by atoms with Crippen LogP contribution in [0.1, 0.15) is 38.7 Å². The van der Waals surface area contributed by atoms with Crippen LogP contribution in [0.25, 0.3) is 16.7 Å². The van der Waals surface area contributed by atoms with Gasteiger partial charge in [0.1, 0.15) is 28.2 Å². The molecule has 1 heterocycles. The van der Waals surface area contributed by atoms with Gasteiger partial charge in [0.2, 0.25) is 0 Å². The van der Waals surface area contributed by atoms with Crippen molar-refractivity contribution in [1.82, 2.24) is 15.0 Å². The summed E-state index contributed by atoms with van der Waals surface area (Å²) in [6.07, 6.45) is 4.18. The second-order valence-corrected chi connectivity index (χ2v) is 5.92. The van der Waals surface area contributed by atoms with Gasteiger partial charge in [-0.1, -0.05) is 26.3 Å². The lowest BCUT2D eigenvalue weighted by Gasteiger charge is -2.06. The second-order valence-electron chi connectivity index (χ2n) is 5.92. The van der Waals surface area contributed by atoms with Crippen LogP contribution in [0, 0.1) is 0 Å². The molecule has 0 fully saturated rings. The lowest BCUT2D eigenvalue weighted by Crippen LogP contribution is -1.99. The molecule has 5 heteroatoms. The molecule has 0 unspecified atom stereocenters. The van der Waals surface area contributed by atoms with Crippen molar-refractivity contribution in [3.8, 4) is 17.2 Å². The molecule has 0 saturated carbocycles. The van der Waals surface area contributed by atoms with E-state index < -0.39 is 0 Å². The Morgan fingerprint density at radius 2 is 1.83 bits per heavy atom. The molecule has 1 aromatic heterocycles. The van der Waals surface area contributed by atoms with Gasteiger partial charge in [-0.2, -0.15) is 0 Å². The lowest BCUT2D eigenvalue weighted by atomic mass is 10.1. The number of rotatable bonds is 7. The Hall–Kier alpha value is -2.56. The zero-order chi connectivity index (χ0) is 16.9. The fourth-order valence-corrected chi connectivity index (χ4v) is 2.59. The van der Waals surface area contributed by atoms with E-state index in [9.17, 15) is 5.11 Å². The summed E-state index contributed by atoms with van der Waals surface area (Å²) < 4.78 is 5.63. The first-order valence-electron chi connectivity index (χ1n) is 8.53. The molecule has 24 heavy (non-hydrogen) atoms. The highest BCUT2D eigenvalue weighted by atomic mass is 16.5. The smallest absolute Gasteiger partial charge is 0.143 e. The second kappa shape index (κ2) is 7.34. The summed E-state index contributed by atoms with van der Waals surface area (Å²) in [4.78, 5) is 1.48. The number of hydrogen-bond donors (Lipinski definition) is 1. The van der Waals surface area contributed by atoms with Crippen LogP contribution in [0.2, 0.25) is 0 Å². The number of fused-ring (bicyclic) bond motifs is 1. The van der Waals surface area contributed by atoms with E-state index in [-0.39, 0.29) is 5.75 Å². The zero-order valence-electron chi connectivity index (χ0n) is 14.2. The van der Waals surface area contributed by atoms with Gasteiger partial charge >= 0.3 is 0 Å². The molecular formula is C19H23N3O2. The Bertz CT molecular complexity index is 827. The van der Waals surface area contributed by atoms with Crippen molar-refractivity contribution in [3.63, 3.8) is 0 Å². The Labute approximate surface area is 141 Å². The molecule has 0 atom stereocenters. The summed E-state index contributed by atoms with van der Waals surface area (Å²) in [5.74, 6) is 0.988. The van der Waals surface area contributed by atoms with Gasteiger partial charge in [-0.25, -0.2) is 0 Å². The molecule has 1 N–H and O–H groups in total. The van der Waals surface area contributed by atoms with Gasteiger partial charge in [0.25, 0.3) is 0 Å². The molecule has 0 spiro atoms. The van der Waals surface area contributed by atoms with Gasteiger partial charge in [-0.3, -0.25) is 0 Å². The average molecular weight is 325 g/mol. The van der Waals surface area contributed by atoms with E-state index in [1.54, 1.807) is 6.07 Å². The van der Waals surface area contributed by atoms with E-state index in [0.29, 0.717) is 12.3 Å². The molecule has 0 aliphatic rings. The van der Waals surface area contributed by atoms with E-state index in [2.05, 4.69) is 24.0 Å². The van der Waals surface area contributed by atoms with Crippen molar-refractivity contribution < 1.29 is 9.84 Å². The number of aromatic nitrogens is 3. The van der Waals surface area contributed by atoms with Crippen LogP contribution in [0.3, 0.4) is 0 Å². The van der Waals surface area contributed by atoms with E-state index >= 15 is 0 Å². The fourth-order valence-electron chi connectivity index (χ4n) is 2.59. The molecule has 2 aromatic carbocycles. The lowest BCUT2D eigenvalue weighted by molar-refractivity contribution is 0.318. The highest BCUT2D eigenvalue weighted by Crippen LogP contribution is 2.25. The fraction of sp³-hybridized carbons (Fsp3) is 0.368. The van der Waals surface area contributed by atoms with Crippen LogP contribution < -0.4 is 4.74 Å². The van der Waals surface area contributed by atoms with Gasteiger partial charge in [0.05, 0.1) is 6.61 Å². The number of hydrogen-bond acceptors (Lipinski definition) is 4. The molecule has 0 bridgehead atoms. The van der Waals surface area contributed by atoms with Crippen LogP contribution in [0.15, 0.2) is 36.4 Å². The summed E-state index contributed by atoms with van der Waals surface area (Å²) in [5.41, 5.74) is 3.24. The minimum atomic E-state index is 0.200. The van der Waals surface area contributed by atoms with Crippen molar-refractivity contribution in [2.24, 2.45) is 0 Å². The van der Waals surface area contributed by atoms with E-state index in [4.69, 9.17) is 4.74 Å².